The summed E-state index contributed by atoms with van der Waals surface area (Å²) in [5, 5.41) is 18.0. The second-order valence-electron chi connectivity index (χ2n) is 5.65. The largest absolute Gasteiger partial charge is 0.496 e. The quantitative estimate of drug-likeness (QED) is 0.328. The Labute approximate surface area is 173 Å². The minimum Gasteiger partial charge on any atom is -0.496 e. The van der Waals surface area contributed by atoms with Crippen molar-refractivity contribution in [1.29, 1.82) is 0 Å². The number of nitro benzene ring substituents is 1. The zero-order chi connectivity index (χ0) is 20.8. The first kappa shape index (κ1) is 20.4. The Morgan fingerprint density at radius 3 is 2.79 bits per heavy atom. The summed E-state index contributed by atoms with van der Waals surface area (Å²) in [4.78, 5) is 39.8. The molecule has 9 nitrogen and oxygen atoms in total. The van der Waals surface area contributed by atoms with E-state index in [1.54, 1.807) is 16.7 Å². The number of nitrogens with zero attached hydrogens (tertiary/aromatic N) is 2. The Morgan fingerprint density at radius 1 is 1.28 bits per heavy atom. The lowest BCUT2D eigenvalue weighted by Gasteiger charge is -2.08. The van der Waals surface area contributed by atoms with E-state index in [-0.39, 0.29) is 23.5 Å². The Kier molecular flexibility index (Phi) is 6.52. The molecule has 0 saturated carbocycles. The maximum Gasteiger partial charge on any atom is 0.312 e. The zero-order valence-electron chi connectivity index (χ0n) is 15.1. The molecule has 0 atom stereocenters. The second kappa shape index (κ2) is 9.26. The minimum atomic E-state index is -0.691. The highest BCUT2D eigenvalue weighted by Gasteiger charge is 2.18. The molecular formula is C18H15N3O6S2. The molecule has 0 saturated heterocycles. The molecule has 0 radical (unpaired) electrons. The molecule has 0 fully saturated rings. The number of rotatable bonds is 8. The molecular weight excluding hydrogens is 418 g/mol. The first-order chi connectivity index (χ1) is 14.0. The van der Waals surface area contributed by atoms with Crippen molar-refractivity contribution < 1.29 is 24.0 Å². The van der Waals surface area contributed by atoms with Gasteiger partial charge in [-0.15, -0.1) is 22.7 Å². The van der Waals surface area contributed by atoms with Crippen LogP contribution in [0.4, 0.5) is 11.4 Å². The molecule has 11 heteroatoms. The fraction of sp³-hybridized carbons (Fsp3) is 0.167. The number of amides is 1. The maximum atomic E-state index is 12.0. The van der Waals surface area contributed by atoms with Crippen LogP contribution in [0, 0.1) is 10.1 Å². The number of hydrogen-bond donors (Lipinski definition) is 1. The van der Waals surface area contributed by atoms with Crippen LogP contribution in [0.1, 0.15) is 5.69 Å². The van der Waals surface area contributed by atoms with Crippen molar-refractivity contribution >= 4 is 45.9 Å². The van der Waals surface area contributed by atoms with E-state index in [1.807, 2.05) is 17.5 Å². The Balaban J connectivity index is 1.53. The molecule has 1 amide bonds. The number of carbonyl (C=O) groups is 2. The van der Waals surface area contributed by atoms with E-state index in [1.165, 1.54) is 36.6 Å². The molecule has 3 rings (SSSR count). The van der Waals surface area contributed by atoms with Gasteiger partial charge in [0.25, 0.3) is 11.6 Å². The zero-order valence-corrected chi connectivity index (χ0v) is 16.7. The molecule has 0 aliphatic heterocycles. The van der Waals surface area contributed by atoms with Crippen LogP contribution < -0.4 is 10.1 Å². The van der Waals surface area contributed by atoms with Crippen LogP contribution in [0.2, 0.25) is 0 Å². The SMILES string of the molecule is COc1ccc(NC(=O)COC(=O)Cc2csc(-c3cccs3)n2)c([N+](=O)[O-])c1. The molecule has 3 aromatic rings. The summed E-state index contributed by atoms with van der Waals surface area (Å²) in [5.74, 6) is -1.03. The number of methoxy groups -OCH3 is 1. The van der Waals surface area contributed by atoms with Crippen molar-refractivity contribution in [1.82, 2.24) is 4.98 Å². The summed E-state index contributed by atoms with van der Waals surface area (Å²) in [6.45, 7) is -0.566. The first-order valence-electron chi connectivity index (χ1n) is 8.22. The lowest BCUT2D eigenvalue weighted by molar-refractivity contribution is -0.384. The number of carbonyl (C=O) groups excluding carboxylic acids is 2. The maximum absolute atomic E-state index is 12.0. The highest BCUT2D eigenvalue weighted by Crippen LogP contribution is 2.29. The van der Waals surface area contributed by atoms with Crippen LogP contribution in [-0.2, 0) is 20.7 Å². The summed E-state index contributed by atoms with van der Waals surface area (Å²) in [5.41, 5.74) is 0.208. The predicted molar refractivity (Wildman–Crippen MR) is 108 cm³/mol. The molecule has 0 aliphatic carbocycles. The molecule has 0 unspecified atom stereocenters. The number of thiazole rings is 1. The molecule has 1 aromatic carbocycles. The molecule has 2 aromatic heterocycles. The molecule has 150 valence electrons. The fourth-order valence-electron chi connectivity index (χ4n) is 2.33. The number of nitro groups is 1. The van der Waals surface area contributed by atoms with Gasteiger partial charge in [-0.1, -0.05) is 6.07 Å². The minimum absolute atomic E-state index is 0.0167. The van der Waals surface area contributed by atoms with E-state index in [0.717, 1.165) is 9.88 Å². The van der Waals surface area contributed by atoms with E-state index < -0.39 is 23.4 Å². The number of anilines is 1. The van der Waals surface area contributed by atoms with Crippen molar-refractivity contribution in [2.75, 3.05) is 19.0 Å². The van der Waals surface area contributed by atoms with Crippen molar-refractivity contribution in [2.24, 2.45) is 0 Å². The fourth-order valence-corrected chi connectivity index (χ4v) is 3.96. The average molecular weight is 433 g/mol. The number of nitrogens with one attached hydrogen (secondary N) is 1. The summed E-state index contributed by atoms with van der Waals surface area (Å²) in [6.07, 6.45) is -0.0716. The smallest absolute Gasteiger partial charge is 0.312 e. The summed E-state index contributed by atoms with van der Waals surface area (Å²) < 4.78 is 9.88. The molecule has 1 N–H and O–H groups in total. The first-order valence-corrected chi connectivity index (χ1v) is 9.98. The van der Waals surface area contributed by atoms with Crippen LogP contribution in [0.15, 0.2) is 41.1 Å². The monoisotopic (exact) mass is 433 g/mol. The number of ether oxygens (including phenoxy) is 2. The Bertz CT molecular complexity index is 1030. The summed E-state index contributed by atoms with van der Waals surface area (Å²) in [6, 6.07) is 7.87. The highest BCUT2D eigenvalue weighted by molar-refractivity contribution is 7.20. The number of aromatic nitrogens is 1. The van der Waals surface area contributed by atoms with E-state index in [4.69, 9.17) is 9.47 Å². The Hall–Kier alpha value is -3.31. The van der Waals surface area contributed by atoms with Gasteiger partial charge < -0.3 is 14.8 Å². The van der Waals surface area contributed by atoms with Gasteiger partial charge in [0.1, 0.15) is 16.4 Å². The van der Waals surface area contributed by atoms with E-state index in [2.05, 4.69) is 10.3 Å². The predicted octanol–water partition coefficient (Wildman–Crippen LogP) is 3.51. The van der Waals surface area contributed by atoms with Gasteiger partial charge in [-0.3, -0.25) is 19.7 Å². The van der Waals surface area contributed by atoms with Crippen molar-refractivity contribution in [3.05, 3.63) is 56.9 Å². The van der Waals surface area contributed by atoms with Crippen LogP contribution >= 0.6 is 22.7 Å². The average Bonchev–Trinajstić information content (AvgIpc) is 3.38. The van der Waals surface area contributed by atoms with Crippen LogP contribution in [0.25, 0.3) is 9.88 Å². The van der Waals surface area contributed by atoms with Gasteiger partial charge in [0.2, 0.25) is 0 Å². The summed E-state index contributed by atoms with van der Waals surface area (Å²) >= 11 is 2.97. The lowest BCUT2D eigenvalue weighted by Crippen LogP contribution is -2.22. The molecule has 0 aliphatic rings. The van der Waals surface area contributed by atoms with Gasteiger partial charge in [-0.05, 0) is 23.6 Å². The van der Waals surface area contributed by atoms with Gasteiger partial charge in [0.15, 0.2) is 6.61 Å². The van der Waals surface area contributed by atoms with Crippen LogP contribution in [0.3, 0.4) is 0 Å². The normalized spacial score (nSPS) is 10.4. The number of esters is 1. The van der Waals surface area contributed by atoms with Crippen molar-refractivity contribution in [3.63, 3.8) is 0 Å². The second-order valence-corrected chi connectivity index (χ2v) is 7.45. The van der Waals surface area contributed by atoms with Gasteiger partial charge in [-0.2, -0.15) is 0 Å². The third-order valence-electron chi connectivity index (χ3n) is 3.65. The van der Waals surface area contributed by atoms with Gasteiger partial charge in [0, 0.05) is 5.38 Å². The van der Waals surface area contributed by atoms with Crippen LogP contribution in [0.5, 0.6) is 5.75 Å². The van der Waals surface area contributed by atoms with Crippen LogP contribution in [-0.4, -0.2) is 35.5 Å². The third-order valence-corrected chi connectivity index (χ3v) is 5.58. The molecule has 29 heavy (non-hydrogen) atoms. The van der Waals surface area contributed by atoms with Crippen molar-refractivity contribution in [2.45, 2.75) is 6.42 Å². The third kappa shape index (κ3) is 5.36. The van der Waals surface area contributed by atoms with E-state index in [9.17, 15) is 19.7 Å². The van der Waals surface area contributed by atoms with E-state index >= 15 is 0 Å². The Morgan fingerprint density at radius 2 is 2.10 bits per heavy atom. The van der Waals surface area contributed by atoms with Crippen molar-refractivity contribution in [3.8, 4) is 15.6 Å². The number of hydrogen-bond acceptors (Lipinski definition) is 9. The standard InChI is InChI=1S/C18H15N3O6S2/c1-26-12-4-5-13(14(8-12)21(24)25)20-16(22)9-27-17(23)7-11-10-29-18(19-11)15-3-2-6-28-15/h2-6,8,10H,7,9H2,1H3,(H,20,22). The number of thiophene rings is 1. The summed E-state index contributed by atoms with van der Waals surface area (Å²) in [7, 11) is 1.38. The molecule has 0 bridgehead atoms. The molecule has 0 spiro atoms. The van der Waals surface area contributed by atoms with Gasteiger partial charge in [-0.25, -0.2) is 4.98 Å². The molecule has 2 heterocycles. The topological polar surface area (TPSA) is 121 Å². The lowest BCUT2D eigenvalue weighted by atomic mass is 10.2. The number of benzene rings is 1. The van der Waals surface area contributed by atoms with Gasteiger partial charge in [0.05, 0.1) is 35.1 Å². The highest BCUT2D eigenvalue weighted by atomic mass is 32.1. The van der Waals surface area contributed by atoms with Gasteiger partial charge >= 0.3 is 5.97 Å². The van der Waals surface area contributed by atoms with E-state index in [0.29, 0.717) is 5.69 Å².